The van der Waals surface area contributed by atoms with E-state index in [1.807, 2.05) is 31.2 Å². The maximum absolute atomic E-state index is 12.3. The van der Waals surface area contributed by atoms with Gasteiger partial charge in [-0.05, 0) is 24.3 Å². The van der Waals surface area contributed by atoms with Crippen molar-refractivity contribution in [2.75, 3.05) is 29.9 Å². The van der Waals surface area contributed by atoms with Crippen LogP contribution in [0.2, 0.25) is 0 Å². The largest absolute Gasteiger partial charge is 0.324 e. The third-order valence-corrected chi connectivity index (χ3v) is 3.58. The molecule has 1 aromatic carbocycles. The van der Waals surface area contributed by atoms with Crippen LogP contribution in [-0.2, 0) is 11.8 Å². The highest BCUT2D eigenvalue weighted by atomic mass is 16.2. The van der Waals surface area contributed by atoms with Crippen LogP contribution in [0.25, 0.3) is 0 Å². The molecule has 3 amide bonds. The number of urea groups is 1. The van der Waals surface area contributed by atoms with Gasteiger partial charge < -0.3 is 9.80 Å². The average Bonchev–Trinajstić information content (AvgIpc) is 2.93. The van der Waals surface area contributed by atoms with E-state index in [9.17, 15) is 9.59 Å². The minimum atomic E-state index is -0.407. The molecular formula is C14H17N7O2. The molecule has 0 saturated carbocycles. The van der Waals surface area contributed by atoms with Gasteiger partial charge in [0.1, 0.15) is 6.54 Å². The minimum absolute atomic E-state index is 0.0139. The van der Waals surface area contributed by atoms with Crippen LogP contribution in [0.5, 0.6) is 0 Å². The van der Waals surface area contributed by atoms with Crippen molar-refractivity contribution < 1.29 is 9.59 Å². The van der Waals surface area contributed by atoms with Crippen molar-refractivity contribution in [3.8, 4) is 0 Å². The molecule has 120 valence electrons. The number of carbonyl (C=O) groups excluding carboxylic acids is 2. The molecule has 0 radical (unpaired) electrons. The van der Waals surface area contributed by atoms with Gasteiger partial charge in [0.2, 0.25) is 5.91 Å². The lowest BCUT2D eigenvalue weighted by Crippen LogP contribution is -2.53. The molecule has 1 fully saturated rings. The molecule has 9 nitrogen and oxygen atoms in total. The van der Waals surface area contributed by atoms with E-state index in [1.165, 1.54) is 9.70 Å². The van der Waals surface area contributed by atoms with Crippen LogP contribution in [0.1, 0.15) is 5.56 Å². The van der Waals surface area contributed by atoms with Crippen molar-refractivity contribution in [1.82, 2.24) is 25.1 Å². The van der Waals surface area contributed by atoms with E-state index in [-0.39, 0.29) is 18.4 Å². The smallest absolute Gasteiger partial charge is 0.313 e. The van der Waals surface area contributed by atoms with Gasteiger partial charge in [-0.1, -0.05) is 22.8 Å². The zero-order valence-corrected chi connectivity index (χ0v) is 12.9. The Hall–Kier alpha value is -2.97. The summed E-state index contributed by atoms with van der Waals surface area (Å²) in [6, 6.07) is 7.33. The van der Waals surface area contributed by atoms with Crippen molar-refractivity contribution in [3.63, 3.8) is 0 Å². The number of amides is 3. The van der Waals surface area contributed by atoms with E-state index >= 15 is 0 Å². The number of benzene rings is 1. The number of aromatic nitrogens is 4. The number of hydrogen-bond acceptors (Lipinski definition) is 5. The van der Waals surface area contributed by atoms with Gasteiger partial charge in [-0.15, -0.1) is 5.10 Å². The van der Waals surface area contributed by atoms with E-state index in [4.69, 9.17) is 0 Å². The van der Waals surface area contributed by atoms with Crippen molar-refractivity contribution >= 4 is 23.6 Å². The highest BCUT2D eigenvalue weighted by Gasteiger charge is 2.28. The molecule has 23 heavy (non-hydrogen) atoms. The number of nitrogens with zero attached hydrogens (tertiary/aromatic N) is 6. The monoisotopic (exact) mass is 315 g/mol. The van der Waals surface area contributed by atoms with Crippen molar-refractivity contribution in [2.45, 2.75) is 6.92 Å². The second-order valence-electron chi connectivity index (χ2n) is 5.34. The zero-order valence-electron chi connectivity index (χ0n) is 12.9. The van der Waals surface area contributed by atoms with Crippen LogP contribution in [0.4, 0.5) is 16.4 Å². The number of carbonyl (C=O) groups is 2. The maximum Gasteiger partial charge on any atom is 0.324 e. The van der Waals surface area contributed by atoms with Crippen LogP contribution in [-0.4, -0.2) is 56.7 Å². The molecular weight excluding hydrogens is 298 g/mol. The summed E-state index contributed by atoms with van der Waals surface area (Å²) in [5, 5.41) is 13.7. The molecule has 1 aliphatic heterocycles. The van der Waals surface area contributed by atoms with Gasteiger partial charge in [-0.25, -0.2) is 4.79 Å². The van der Waals surface area contributed by atoms with E-state index in [2.05, 4.69) is 20.7 Å². The summed E-state index contributed by atoms with van der Waals surface area (Å²) in [5.74, 6) is -0.00623. The summed E-state index contributed by atoms with van der Waals surface area (Å²) >= 11 is 0. The van der Waals surface area contributed by atoms with Gasteiger partial charge in [0.05, 0.1) is 7.05 Å². The number of rotatable bonds is 2. The molecule has 2 heterocycles. The lowest BCUT2D eigenvalue weighted by Gasteiger charge is -2.34. The Labute approximate surface area is 132 Å². The summed E-state index contributed by atoms with van der Waals surface area (Å²) in [7, 11) is 1.60. The van der Waals surface area contributed by atoms with Gasteiger partial charge in [0.25, 0.3) is 5.95 Å². The molecule has 0 spiro atoms. The van der Waals surface area contributed by atoms with Gasteiger partial charge in [-0.2, -0.15) is 4.80 Å². The lowest BCUT2D eigenvalue weighted by molar-refractivity contribution is -0.120. The fraction of sp³-hybridized carbons (Fsp3) is 0.357. The fourth-order valence-corrected chi connectivity index (χ4v) is 2.35. The first-order valence-corrected chi connectivity index (χ1v) is 7.20. The molecule has 1 N–H and O–H groups in total. The fourth-order valence-electron chi connectivity index (χ4n) is 2.35. The molecule has 0 aliphatic carbocycles. The second-order valence-corrected chi connectivity index (χ2v) is 5.34. The average molecular weight is 315 g/mol. The summed E-state index contributed by atoms with van der Waals surface area (Å²) < 4.78 is 0. The highest BCUT2D eigenvalue weighted by molar-refractivity contribution is 5.99. The topological polar surface area (TPSA) is 96.2 Å². The molecule has 1 saturated heterocycles. The molecule has 3 rings (SSSR count). The molecule has 1 aliphatic rings. The van der Waals surface area contributed by atoms with Crippen molar-refractivity contribution in [3.05, 3.63) is 29.8 Å². The summed E-state index contributed by atoms with van der Waals surface area (Å²) in [5.41, 5.74) is 1.98. The SMILES string of the molecule is Cc1ccc(N2CCN(C(=O)Nc3nnn(C)n3)CC2=O)cc1. The summed E-state index contributed by atoms with van der Waals surface area (Å²) in [6.07, 6.45) is 0. The first kappa shape index (κ1) is 14.9. The molecule has 0 bridgehead atoms. The Morgan fingerprint density at radius 2 is 1.96 bits per heavy atom. The predicted molar refractivity (Wildman–Crippen MR) is 82.9 cm³/mol. The second kappa shape index (κ2) is 6.03. The first-order valence-electron chi connectivity index (χ1n) is 7.20. The Kier molecular flexibility index (Phi) is 3.92. The molecule has 9 heteroatoms. The Bertz CT molecular complexity index is 725. The van der Waals surface area contributed by atoms with Gasteiger partial charge in [-0.3, -0.25) is 10.1 Å². The predicted octanol–water partition coefficient (Wildman–Crippen LogP) is 0.399. The highest BCUT2D eigenvalue weighted by Crippen LogP contribution is 2.18. The number of tetrazole rings is 1. The lowest BCUT2D eigenvalue weighted by atomic mass is 10.2. The first-order chi connectivity index (χ1) is 11.0. The molecule has 1 aromatic heterocycles. The van der Waals surface area contributed by atoms with Crippen LogP contribution in [0, 0.1) is 6.92 Å². The molecule has 0 unspecified atom stereocenters. The van der Waals surface area contributed by atoms with Gasteiger partial charge in [0, 0.05) is 18.8 Å². The maximum atomic E-state index is 12.3. The van der Waals surface area contributed by atoms with Crippen molar-refractivity contribution in [1.29, 1.82) is 0 Å². The number of nitrogens with one attached hydrogen (secondary N) is 1. The zero-order chi connectivity index (χ0) is 16.4. The third kappa shape index (κ3) is 3.28. The number of aryl methyl sites for hydroxylation is 2. The van der Waals surface area contributed by atoms with Crippen LogP contribution < -0.4 is 10.2 Å². The Balaban J connectivity index is 1.62. The van der Waals surface area contributed by atoms with Crippen LogP contribution in [0.15, 0.2) is 24.3 Å². The Morgan fingerprint density at radius 1 is 1.22 bits per heavy atom. The minimum Gasteiger partial charge on any atom is -0.313 e. The van der Waals surface area contributed by atoms with E-state index in [1.54, 1.807) is 11.9 Å². The van der Waals surface area contributed by atoms with Gasteiger partial charge >= 0.3 is 6.03 Å². The third-order valence-electron chi connectivity index (χ3n) is 3.58. The van der Waals surface area contributed by atoms with E-state index < -0.39 is 6.03 Å². The number of piperazine rings is 1. The van der Waals surface area contributed by atoms with Gasteiger partial charge in [0.15, 0.2) is 0 Å². The quantitative estimate of drug-likeness (QED) is 0.865. The standard InChI is InChI=1S/C14H17N7O2/c1-10-3-5-11(6-4-10)21-8-7-20(9-12(21)22)14(23)15-13-16-18-19(2)17-13/h3-6H,7-9H2,1-2H3,(H,15,17,23). The normalized spacial score (nSPS) is 15.0. The van der Waals surface area contributed by atoms with Crippen LogP contribution in [0.3, 0.4) is 0 Å². The number of anilines is 2. The van der Waals surface area contributed by atoms with E-state index in [0.29, 0.717) is 13.1 Å². The molecule has 0 atom stereocenters. The summed E-state index contributed by atoms with van der Waals surface area (Å²) in [6.45, 7) is 2.89. The molecule has 2 aromatic rings. The van der Waals surface area contributed by atoms with Crippen molar-refractivity contribution in [2.24, 2.45) is 7.05 Å². The van der Waals surface area contributed by atoms with Crippen LogP contribution >= 0.6 is 0 Å². The summed E-state index contributed by atoms with van der Waals surface area (Å²) in [4.78, 5) is 28.8. The van der Waals surface area contributed by atoms with E-state index in [0.717, 1.165) is 11.3 Å². The number of hydrogen-bond donors (Lipinski definition) is 1. The Morgan fingerprint density at radius 3 is 2.57 bits per heavy atom.